The summed E-state index contributed by atoms with van der Waals surface area (Å²) in [6, 6.07) is 0. The molecule has 3 aliphatic rings. The van der Waals surface area contributed by atoms with Gasteiger partial charge in [0, 0.05) is 36.7 Å². The zero-order valence-corrected chi connectivity index (χ0v) is 16.8. The molecule has 0 aliphatic carbocycles. The predicted octanol–water partition coefficient (Wildman–Crippen LogP) is 3.05. The molecule has 5 atom stereocenters. The number of esters is 1. The van der Waals surface area contributed by atoms with Crippen LogP contribution in [0, 0.1) is 11.8 Å². The van der Waals surface area contributed by atoms with E-state index in [4.69, 9.17) is 14.2 Å². The first kappa shape index (κ1) is 19.1. The Kier molecular flexibility index (Phi) is 5.71. The Labute approximate surface area is 155 Å². The van der Waals surface area contributed by atoms with E-state index in [0.29, 0.717) is 6.61 Å². The smallest absolute Gasteiger partial charge is 0.332 e. The topological polar surface area (TPSA) is 48.0 Å². The lowest BCUT2D eigenvalue weighted by Gasteiger charge is -2.46. The summed E-state index contributed by atoms with van der Waals surface area (Å²) in [5.41, 5.74) is 1.14. The SMILES string of the molecule is CS[C@@H]1C(N2CCCC2)=CC(=O)O[C@H]1C(C)C1OC(C)(C)OCC1C. The average molecular weight is 370 g/mol. The fraction of sp³-hybridized carbons (Fsp3) is 0.842. The number of ether oxygens (including phenoxy) is 3. The molecule has 6 heteroatoms. The van der Waals surface area contributed by atoms with Crippen molar-refractivity contribution in [3.63, 3.8) is 0 Å². The summed E-state index contributed by atoms with van der Waals surface area (Å²) < 4.78 is 17.8. The van der Waals surface area contributed by atoms with Crippen molar-refractivity contribution in [3.8, 4) is 0 Å². The van der Waals surface area contributed by atoms with Gasteiger partial charge in [-0.2, -0.15) is 11.8 Å². The van der Waals surface area contributed by atoms with E-state index in [9.17, 15) is 4.79 Å². The summed E-state index contributed by atoms with van der Waals surface area (Å²) in [5.74, 6) is -0.439. The molecule has 0 radical (unpaired) electrons. The van der Waals surface area contributed by atoms with E-state index < -0.39 is 5.79 Å². The summed E-state index contributed by atoms with van der Waals surface area (Å²) in [5, 5.41) is 0.160. The van der Waals surface area contributed by atoms with Gasteiger partial charge in [0.2, 0.25) is 0 Å². The van der Waals surface area contributed by atoms with Gasteiger partial charge in [0.1, 0.15) is 6.10 Å². The number of likely N-dealkylation sites (tertiary alicyclic amines) is 1. The van der Waals surface area contributed by atoms with Crippen LogP contribution in [0.25, 0.3) is 0 Å². The van der Waals surface area contributed by atoms with Crippen LogP contribution >= 0.6 is 11.8 Å². The molecule has 0 aromatic heterocycles. The zero-order valence-electron chi connectivity index (χ0n) is 16.0. The molecule has 3 unspecified atom stereocenters. The molecule has 0 spiro atoms. The fourth-order valence-electron chi connectivity index (χ4n) is 4.20. The van der Waals surface area contributed by atoms with Gasteiger partial charge < -0.3 is 19.1 Å². The summed E-state index contributed by atoms with van der Waals surface area (Å²) in [7, 11) is 0. The van der Waals surface area contributed by atoms with E-state index in [1.54, 1.807) is 17.8 Å². The van der Waals surface area contributed by atoms with Crippen LogP contribution in [0.2, 0.25) is 0 Å². The van der Waals surface area contributed by atoms with Crippen molar-refractivity contribution in [1.29, 1.82) is 0 Å². The van der Waals surface area contributed by atoms with Crippen molar-refractivity contribution in [2.45, 2.75) is 63.8 Å². The van der Waals surface area contributed by atoms with Crippen LogP contribution in [0.1, 0.15) is 40.5 Å². The molecule has 0 bridgehead atoms. The first-order valence-electron chi connectivity index (χ1n) is 9.34. The van der Waals surface area contributed by atoms with Crippen molar-refractivity contribution < 1.29 is 19.0 Å². The van der Waals surface area contributed by atoms with E-state index in [-0.39, 0.29) is 35.3 Å². The van der Waals surface area contributed by atoms with E-state index in [1.807, 2.05) is 13.8 Å². The Bertz CT molecular complexity index is 530. The molecule has 0 N–H and O–H groups in total. The Hall–Kier alpha value is -0.720. The summed E-state index contributed by atoms with van der Waals surface area (Å²) >= 11 is 1.77. The Morgan fingerprint density at radius 3 is 2.60 bits per heavy atom. The van der Waals surface area contributed by atoms with Crippen LogP contribution in [0.5, 0.6) is 0 Å². The van der Waals surface area contributed by atoms with Crippen LogP contribution in [-0.4, -0.2) is 60.1 Å². The molecule has 3 heterocycles. The molecule has 2 fully saturated rings. The van der Waals surface area contributed by atoms with Gasteiger partial charge in [0.15, 0.2) is 5.79 Å². The molecule has 2 saturated heterocycles. The molecule has 142 valence electrons. The second-order valence-corrected chi connectivity index (χ2v) is 8.93. The van der Waals surface area contributed by atoms with Crippen molar-refractivity contribution in [3.05, 3.63) is 11.8 Å². The third kappa shape index (κ3) is 4.01. The van der Waals surface area contributed by atoms with Gasteiger partial charge in [-0.25, -0.2) is 4.79 Å². The maximum absolute atomic E-state index is 12.3. The molecule has 0 saturated carbocycles. The lowest BCUT2D eigenvalue weighted by Crippen LogP contribution is -2.53. The lowest BCUT2D eigenvalue weighted by molar-refractivity contribution is -0.303. The fourth-order valence-corrected chi connectivity index (χ4v) is 5.23. The largest absolute Gasteiger partial charge is 0.457 e. The van der Waals surface area contributed by atoms with Crippen LogP contribution in [0.3, 0.4) is 0 Å². The van der Waals surface area contributed by atoms with Crippen molar-refractivity contribution in [1.82, 2.24) is 4.90 Å². The summed E-state index contributed by atoms with van der Waals surface area (Å²) in [4.78, 5) is 14.7. The number of nitrogens with zero attached hydrogens (tertiary/aromatic N) is 1. The number of hydrogen-bond acceptors (Lipinski definition) is 6. The second-order valence-electron chi connectivity index (χ2n) is 7.95. The minimum absolute atomic E-state index is 0.00845. The number of carbonyl (C=O) groups is 1. The number of rotatable bonds is 4. The van der Waals surface area contributed by atoms with Crippen LogP contribution in [0.15, 0.2) is 11.8 Å². The highest BCUT2D eigenvalue weighted by atomic mass is 32.2. The van der Waals surface area contributed by atoms with E-state index >= 15 is 0 Å². The van der Waals surface area contributed by atoms with Gasteiger partial charge in [0.25, 0.3) is 0 Å². The quantitative estimate of drug-likeness (QED) is 0.710. The molecule has 5 nitrogen and oxygen atoms in total. The van der Waals surface area contributed by atoms with E-state index in [0.717, 1.165) is 18.8 Å². The molecule has 3 rings (SSSR count). The van der Waals surface area contributed by atoms with Gasteiger partial charge in [-0.1, -0.05) is 13.8 Å². The van der Waals surface area contributed by atoms with Gasteiger partial charge >= 0.3 is 5.97 Å². The average Bonchev–Trinajstić information content (AvgIpc) is 3.10. The highest BCUT2D eigenvalue weighted by Gasteiger charge is 2.46. The minimum atomic E-state index is -0.591. The second kappa shape index (κ2) is 7.49. The number of cyclic esters (lactones) is 1. The van der Waals surface area contributed by atoms with Crippen molar-refractivity contribution in [2.75, 3.05) is 26.0 Å². The molecule has 3 aliphatic heterocycles. The van der Waals surface area contributed by atoms with Crippen LogP contribution in [-0.2, 0) is 19.0 Å². The van der Waals surface area contributed by atoms with Crippen molar-refractivity contribution in [2.24, 2.45) is 11.8 Å². The lowest BCUT2D eigenvalue weighted by atomic mass is 9.85. The van der Waals surface area contributed by atoms with E-state index in [1.165, 1.54) is 12.8 Å². The van der Waals surface area contributed by atoms with Crippen molar-refractivity contribution >= 4 is 17.7 Å². The van der Waals surface area contributed by atoms with Gasteiger partial charge in [-0.15, -0.1) is 0 Å². The normalized spacial score (nSPS) is 36.8. The third-order valence-corrected chi connectivity index (χ3v) is 6.56. The Morgan fingerprint density at radius 1 is 1.28 bits per heavy atom. The van der Waals surface area contributed by atoms with E-state index in [2.05, 4.69) is 25.0 Å². The monoisotopic (exact) mass is 369 g/mol. The molecule has 0 aromatic rings. The summed E-state index contributed by atoms with van der Waals surface area (Å²) in [6.45, 7) is 10.9. The Morgan fingerprint density at radius 2 is 1.96 bits per heavy atom. The van der Waals surface area contributed by atoms with Crippen LogP contribution in [0.4, 0.5) is 0 Å². The van der Waals surface area contributed by atoms with Gasteiger partial charge in [-0.05, 0) is 32.9 Å². The number of hydrogen-bond donors (Lipinski definition) is 0. The molecule has 0 amide bonds. The standard InChI is InChI=1S/C19H31NO4S/c1-12-11-22-19(3,4)24-16(12)13(2)17-18(25-5)14(10-15(21)23-17)20-8-6-7-9-20/h10,12-13,16-18H,6-9,11H2,1-5H3/t12?,13?,16?,17-,18+/m0/s1. The number of thioether (sulfide) groups is 1. The molecule has 25 heavy (non-hydrogen) atoms. The first-order chi connectivity index (χ1) is 11.8. The summed E-state index contributed by atoms with van der Waals surface area (Å²) in [6.07, 6.45) is 6.03. The molecular weight excluding hydrogens is 338 g/mol. The first-order valence-corrected chi connectivity index (χ1v) is 10.6. The predicted molar refractivity (Wildman–Crippen MR) is 99.3 cm³/mol. The minimum Gasteiger partial charge on any atom is -0.457 e. The Balaban J connectivity index is 1.82. The zero-order chi connectivity index (χ0) is 18.2. The maximum Gasteiger partial charge on any atom is 0.332 e. The highest BCUT2D eigenvalue weighted by molar-refractivity contribution is 7.99. The third-order valence-electron chi connectivity index (χ3n) is 5.54. The number of carbonyl (C=O) groups excluding carboxylic acids is 1. The highest BCUT2D eigenvalue weighted by Crippen LogP contribution is 2.39. The van der Waals surface area contributed by atoms with Gasteiger partial charge in [-0.3, -0.25) is 0 Å². The maximum atomic E-state index is 12.3. The molecular formula is C19H31NO4S. The van der Waals surface area contributed by atoms with Gasteiger partial charge in [0.05, 0.1) is 18.0 Å². The molecule has 0 aromatic carbocycles. The van der Waals surface area contributed by atoms with Crippen LogP contribution < -0.4 is 0 Å².